The molecule has 140 valence electrons. The molecule has 0 saturated carbocycles. The first-order valence-electron chi connectivity index (χ1n) is 7.93. The van der Waals surface area contributed by atoms with Gasteiger partial charge in [0.15, 0.2) is 17.0 Å². The number of ether oxygens (including phenoxy) is 1. The number of benzene rings is 1. The zero-order chi connectivity index (χ0) is 19.8. The van der Waals surface area contributed by atoms with E-state index in [4.69, 9.17) is 4.74 Å². The van der Waals surface area contributed by atoms with E-state index < -0.39 is 9.84 Å². The van der Waals surface area contributed by atoms with Crippen LogP contribution in [-0.4, -0.2) is 49.1 Å². The molecule has 0 aliphatic rings. The van der Waals surface area contributed by atoms with Gasteiger partial charge in [0, 0.05) is 21.1 Å². The van der Waals surface area contributed by atoms with Gasteiger partial charge in [0.2, 0.25) is 9.84 Å². The zero-order valence-electron chi connectivity index (χ0n) is 15.3. The number of nitriles is 1. The highest BCUT2D eigenvalue weighted by Gasteiger charge is 2.24. The fraction of sp³-hybridized carbons (Fsp3) is 0.294. The molecule has 0 N–H and O–H groups in total. The average Bonchev–Trinajstić information content (AvgIpc) is 3.01. The summed E-state index contributed by atoms with van der Waals surface area (Å²) >= 11 is 0. The maximum atomic E-state index is 12.9. The monoisotopic (exact) mass is 386 g/mol. The van der Waals surface area contributed by atoms with Gasteiger partial charge in [0.25, 0.3) is 5.16 Å². The zero-order valence-corrected chi connectivity index (χ0v) is 16.1. The van der Waals surface area contributed by atoms with Gasteiger partial charge in [-0.05, 0) is 17.7 Å². The lowest BCUT2D eigenvalue weighted by atomic mass is 10.1. The molecule has 0 radical (unpaired) electrons. The van der Waals surface area contributed by atoms with E-state index in [-0.39, 0.29) is 16.5 Å². The highest BCUT2D eigenvalue weighted by Crippen LogP contribution is 2.25. The summed E-state index contributed by atoms with van der Waals surface area (Å²) in [5, 5.41) is 8.91. The first-order chi connectivity index (χ1) is 12.8. The number of rotatable bonds is 5. The molecule has 0 saturated heterocycles. The van der Waals surface area contributed by atoms with E-state index in [0.717, 1.165) is 0 Å². The summed E-state index contributed by atoms with van der Waals surface area (Å²) in [5.74, 6) is 0.481. The molecular formula is C17H18N6O3S. The fourth-order valence-corrected chi connectivity index (χ4v) is 3.84. The molecule has 3 rings (SSSR count). The Labute approximate surface area is 156 Å². The first-order valence-corrected chi connectivity index (χ1v) is 9.58. The van der Waals surface area contributed by atoms with E-state index in [1.165, 1.54) is 13.2 Å². The van der Waals surface area contributed by atoms with Crippen LogP contribution in [0.3, 0.4) is 0 Å². The van der Waals surface area contributed by atoms with Gasteiger partial charge in [-0.3, -0.25) is 0 Å². The van der Waals surface area contributed by atoms with Crippen molar-refractivity contribution >= 4 is 26.8 Å². The van der Waals surface area contributed by atoms with Crippen LogP contribution >= 0.6 is 0 Å². The van der Waals surface area contributed by atoms with Crippen molar-refractivity contribution in [1.82, 2.24) is 19.5 Å². The predicted molar refractivity (Wildman–Crippen MR) is 99.2 cm³/mol. The van der Waals surface area contributed by atoms with Crippen LogP contribution in [0.4, 0.5) is 5.82 Å². The highest BCUT2D eigenvalue weighted by molar-refractivity contribution is 7.90. The normalized spacial score (nSPS) is 11.4. The summed E-state index contributed by atoms with van der Waals surface area (Å²) in [6.45, 7) is 0. The quantitative estimate of drug-likeness (QED) is 0.603. The maximum absolute atomic E-state index is 12.9. The number of anilines is 1. The standard InChI is InChI=1S/C17H18N6O3S/c1-22(2)15-14-16(23(3)10-19-14)21-17(20-15)27(24,25)9-11-5-6-13(26-4)12(7-11)8-18/h5-7,10H,9H2,1-4H3. The van der Waals surface area contributed by atoms with Gasteiger partial charge in [-0.25, -0.2) is 13.4 Å². The summed E-state index contributed by atoms with van der Waals surface area (Å²) in [6, 6.07) is 6.66. The van der Waals surface area contributed by atoms with E-state index in [9.17, 15) is 13.7 Å². The summed E-state index contributed by atoms with van der Waals surface area (Å²) in [6.07, 6.45) is 1.56. The van der Waals surface area contributed by atoms with Crippen LogP contribution in [0, 0.1) is 11.3 Å². The van der Waals surface area contributed by atoms with Crippen LogP contribution in [0.2, 0.25) is 0 Å². The van der Waals surface area contributed by atoms with Crippen molar-refractivity contribution in [2.45, 2.75) is 10.9 Å². The fourth-order valence-electron chi connectivity index (χ4n) is 2.64. The van der Waals surface area contributed by atoms with Crippen molar-refractivity contribution < 1.29 is 13.2 Å². The van der Waals surface area contributed by atoms with Crippen molar-refractivity contribution in [3.63, 3.8) is 0 Å². The Morgan fingerprint density at radius 1 is 1.30 bits per heavy atom. The van der Waals surface area contributed by atoms with Gasteiger partial charge < -0.3 is 14.2 Å². The minimum absolute atomic E-state index is 0.266. The molecule has 2 heterocycles. The lowest BCUT2D eigenvalue weighted by Crippen LogP contribution is -2.16. The third-order valence-corrected chi connectivity index (χ3v) is 5.42. The number of hydrogen-bond donors (Lipinski definition) is 0. The average molecular weight is 386 g/mol. The molecule has 0 fully saturated rings. The second-order valence-electron chi connectivity index (χ2n) is 6.16. The Kier molecular flexibility index (Phi) is 4.72. The lowest BCUT2D eigenvalue weighted by Gasteiger charge is -2.13. The molecule has 0 unspecified atom stereocenters. The largest absolute Gasteiger partial charge is 0.495 e. The lowest BCUT2D eigenvalue weighted by molar-refractivity contribution is 0.413. The number of aryl methyl sites for hydroxylation is 1. The molecule has 0 aliphatic heterocycles. The molecular weight excluding hydrogens is 368 g/mol. The van der Waals surface area contributed by atoms with Crippen LogP contribution in [0.15, 0.2) is 29.7 Å². The number of sulfone groups is 1. The summed E-state index contributed by atoms with van der Waals surface area (Å²) in [4.78, 5) is 14.4. The molecule has 0 amide bonds. The minimum Gasteiger partial charge on any atom is -0.495 e. The van der Waals surface area contributed by atoms with Crippen molar-refractivity contribution in [3.05, 3.63) is 35.7 Å². The third-order valence-electron chi connectivity index (χ3n) is 3.96. The summed E-state index contributed by atoms with van der Waals surface area (Å²) < 4.78 is 32.6. The molecule has 0 aliphatic carbocycles. The van der Waals surface area contributed by atoms with Gasteiger partial charge in [-0.2, -0.15) is 15.2 Å². The molecule has 10 heteroatoms. The van der Waals surface area contributed by atoms with Crippen molar-refractivity contribution in [1.29, 1.82) is 5.26 Å². The molecule has 0 bridgehead atoms. The van der Waals surface area contributed by atoms with Gasteiger partial charge >= 0.3 is 0 Å². The van der Waals surface area contributed by atoms with Crippen LogP contribution in [-0.2, 0) is 22.6 Å². The topological polar surface area (TPSA) is 114 Å². The second-order valence-corrected chi connectivity index (χ2v) is 8.04. The van der Waals surface area contributed by atoms with Gasteiger partial charge in [0.1, 0.15) is 11.8 Å². The number of nitrogens with zero attached hydrogens (tertiary/aromatic N) is 6. The molecule has 3 aromatic rings. The summed E-state index contributed by atoms with van der Waals surface area (Å²) in [7, 11) is 2.87. The van der Waals surface area contributed by atoms with E-state index in [2.05, 4.69) is 15.0 Å². The minimum atomic E-state index is -3.84. The molecule has 9 nitrogen and oxygen atoms in total. The number of imidazole rings is 1. The Balaban J connectivity index is 2.08. The van der Waals surface area contributed by atoms with Crippen molar-refractivity contribution in [2.75, 3.05) is 26.1 Å². The Hall–Kier alpha value is -3.19. The van der Waals surface area contributed by atoms with Crippen molar-refractivity contribution in [3.8, 4) is 11.8 Å². The van der Waals surface area contributed by atoms with E-state index in [0.29, 0.717) is 28.3 Å². The Bertz CT molecular complexity index is 1160. The SMILES string of the molecule is COc1ccc(CS(=O)(=O)c2nc(N(C)C)c3ncn(C)c3n2)cc1C#N. The number of aromatic nitrogens is 4. The van der Waals surface area contributed by atoms with Gasteiger partial charge in [0.05, 0.1) is 24.8 Å². The second kappa shape index (κ2) is 6.85. The van der Waals surface area contributed by atoms with Crippen LogP contribution in [0.25, 0.3) is 11.2 Å². The predicted octanol–water partition coefficient (Wildman–Crippen LogP) is 1.28. The Morgan fingerprint density at radius 2 is 2.04 bits per heavy atom. The molecule has 0 spiro atoms. The van der Waals surface area contributed by atoms with E-state index in [1.807, 2.05) is 6.07 Å². The number of fused-ring (bicyclic) bond motifs is 1. The number of hydrogen-bond acceptors (Lipinski definition) is 8. The summed E-state index contributed by atoms with van der Waals surface area (Å²) in [5.41, 5.74) is 1.67. The first kappa shape index (κ1) is 18.6. The van der Waals surface area contributed by atoms with Crippen molar-refractivity contribution in [2.24, 2.45) is 7.05 Å². The van der Waals surface area contributed by atoms with Crippen LogP contribution in [0.5, 0.6) is 5.75 Å². The van der Waals surface area contributed by atoms with Crippen LogP contribution in [0.1, 0.15) is 11.1 Å². The molecule has 0 atom stereocenters. The molecule has 1 aromatic carbocycles. The van der Waals surface area contributed by atoms with E-state index >= 15 is 0 Å². The smallest absolute Gasteiger partial charge is 0.251 e. The van der Waals surface area contributed by atoms with Crippen LogP contribution < -0.4 is 9.64 Å². The molecule has 27 heavy (non-hydrogen) atoms. The number of methoxy groups -OCH3 is 1. The highest BCUT2D eigenvalue weighted by atomic mass is 32.2. The van der Waals surface area contributed by atoms with Gasteiger partial charge in [-0.15, -0.1) is 0 Å². The van der Waals surface area contributed by atoms with Gasteiger partial charge in [-0.1, -0.05) is 6.07 Å². The van der Waals surface area contributed by atoms with E-state index in [1.54, 1.807) is 49.1 Å². The molecule has 2 aromatic heterocycles. The Morgan fingerprint density at radius 3 is 2.67 bits per heavy atom. The maximum Gasteiger partial charge on any atom is 0.251 e. The third kappa shape index (κ3) is 3.41.